The molecule has 0 aliphatic carbocycles. The number of hydrogen-bond acceptors (Lipinski definition) is 5. The Labute approximate surface area is 153 Å². The number of aliphatic hydroxyl groups excluding tert-OH is 2. The van der Waals surface area contributed by atoms with E-state index in [-0.39, 0.29) is 13.2 Å². The van der Waals surface area contributed by atoms with Crippen LogP contribution in [0.4, 0.5) is 5.95 Å². The Morgan fingerprint density at radius 1 is 1.19 bits per heavy atom. The maximum Gasteiger partial charge on any atom is 0.204 e. The topological polar surface area (TPSA) is 79.5 Å². The molecule has 0 radical (unpaired) electrons. The predicted molar refractivity (Wildman–Crippen MR) is 103 cm³/mol. The SMILES string of the molecule is Cc1ccc(OC[C@H](O)Cn2c(NCCO)nc3ccccc32)c(C)c1. The van der Waals surface area contributed by atoms with E-state index in [1.165, 1.54) is 5.56 Å². The Morgan fingerprint density at radius 2 is 2.00 bits per heavy atom. The number of aryl methyl sites for hydroxylation is 2. The minimum Gasteiger partial charge on any atom is -0.491 e. The molecule has 2 aromatic carbocycles. The van der Waals surface area contributed by atoms with Gasteiger partial charge in [0, 0.05) is 6.54 Å². The molecule has 138 valence electrons. The Kier molecular flexibility index (Phi) is 5.75. The molecule has 0 amide bonds. The molecule has 0 spiro atoms. The Morgan fingerprint density at radius 3 is 2.77 bits per heavy atom. The van der Waals surface area contributed by atoms with Crippen LogP contribution in [0.1, 0.15) is 11.1 Å². The molecule has 1 atom stereocenters. The molecule has 0 saturated carbocycles. The van der Waals surface area contributed by atoms with E-state index in [0.29, 0.717) is 19.0 Å². The van der Waals surface area contributed by atoms with Crippen LogP contribution in [-0.2, 0) is 6.54 Å². The Hall–Kier alpha value is -2.57. The molecule has 3 aromatic rings. The number of anilines is 1. The van der Waals surface area contributed by atoms with Crippen LogP contribution in [-0.4, -0.2) is 45.6 Å². The van der Waals surface area contributed by atoms with Crippen LogP contribution in [0, 0.1) is 13.8 Å². The van der Waals surface area contributed by atoms with Gasteiger partial charge in [0.15, 0.2) is 0 Å². The Balaban J connectivity index is 1.72. The number of nitrogens with zero attached hydrogens (tertiary/aromatic N) is 2. The maximum atomic E-state index is 10.5. The van der Waals surface area contributed by atoms with Gasteiger partial charge in [0.1, 0.15) is 18.5 Å². The van der Waals surface area contributed by atoms with Gasteiger partial charge < -0.3 is 24.8 Å². The zero-order valence-corrected chi connectivity index (χ0v) is 15.1. The van der Waals surface area contributed by atoms with Gasteiger partial charge >= 0.3 is 0 Å². The number of aromatic nitrogens is 2. The number of rotatable bonds is 8. The summed E-state index contributed by atoms with van der Waals surface area (Å²) in [5, 5.41) is 22.6. The quantitative estimate of drug-likeness (QED) is 0.579. The van der Waals surface area contributed by atoms with Crippen molar-refractivity contribution in [2.75, 3.05) is 25.1 Å². The second-order valence-electron chi connectivity index (χ2n) is 6.42. The monoisotopic (exact) mass is 355 g/mol. The van der Waals surface area contributed by atoms with E-state index >= 15 is 0 Å². The minimum absolute atomic E-state index is 0.0154. The van der Waals surface area contributed by atoms with E-state index in [0.717, 1.165) is 22.3 Å². The molecule has 0 saturated heterocycles. The van der Waals surface area contributed by atoms with E-state index in [1.54, 1.807) is 0 Å². The molecule has 3 N–H and O–H groups in total. The lowest BCUT2D eigenvalue weighted by Gasteiger charge is -2.17. The summed E-state index contributed by atoms with van der Waals surface area (Å²) in [5.41, 5.74) is 4.00. The van der Waals surface area contributed by atoms with Crippen LogP contribution in [0.15, 0.2) is 42.5 Å². The van der Waals surface area contributed by atoms with E-state index < -0.39 is 6.10 Å². The zero-order chi connectivity index (χ0) is 18.5. The van der Waals surface area contributed by atoms with Gasteiger partial charge in [0.25, 0.3) is 0 Å². The van der Waals surface area contributed by atoms with E-state index in [9.17, 15) is 5.11 Å². The molecule has 1 heterocycles. The van der Waals surface area contributed by atoms with Gasteiger partial charge in [0.05, 0.1) is 24.2 Å². The molecule has 0 aliphatic rings. The number of aliphatic hydroxyl groups is 2. The zero-order valence-electron chi connectivity index (χ0n) is 15.1. The lowest BCUT2D eigenvalue weighted by Crippen LogP contribution is -2.25. The summed E-state index contributed by atoms with van der Waals surface area (Å²) in [5.74, 6) is 1.41. The summed E-state index contributed by atoms with van der Waals surface area (Å²) in [7, 11) is 0. The minimum atomic E-state index is -0.692. The second kappa shape index (κ2) is 8.21. The van der Waals surface area contributed by atoms with Crippen molar-refractivity contribution in [2.45, 2.75) is 26.5 Å². The standard InChI is InChI=1S/C20H25N3O3/c1-14-7-8-19(15(2)11-14)26-13-16(25)12-23-18-6-4-3-5-17(18)22-20(23)21-9-10-24/h3-8,11,16,24-25H,9-10,12-13H2,1-2H3,(H,21,22)/t16-/m1/s1. The van der Waals surface area contributed by atoms with Crippen LogP contribution in [0.5, 0.6) is 5.75 Å². The first-order valence-electron chi connectivity index (χ1n) is 8.76. The largest absolute Gasteiger partial charge is 0.491 e. The third-order valence-electron chi connectivity index (χ3n) is 4.20. The summed E-state index contributed by atoms with van der Waals surface area (Å²) in [6.07, 6.45) is -0.692. The smallest absolute Gasteiger partial charge is 0.204 e. The van der Waals surface area contributed by atoms with Gasteiger partial charge in [-0.05, 0) is 37.6 Å². The van der Waals surface area contributed by atoms with E-state index in [4.69, 9.17) is 9.84 Å². The fourth-order valence-electron chi connectivity index (χ4n) is 2.97. The van der Waals surface area contributed by atoms with Crippen molar-refractivity contribution in [3.63, 3.8) is 0 Å². The lowest BCUT2D eigenvalue weighted by molar-refractivity contribution is 0.0935. The predicted octanol–water partition coefficient (Wildman–Crippen LogP) is 2.50. The molecule has 1 aromatic heterocycles. The van der Waals surface area contributed by atoms with E-state index in [2.05, 4.69) is 16.4 Å². The van der Waals surface area contributed by atoms with Gasteiger partial charge in [-0.15, -0.1) is 0 Å². The molecular formula is C20H25N3O3. The molecular weight excluding hydrogens is 330 g/mol. The van der Waals surface area contributed by atoms with Crippen LogP contribution in [0.3, 0.4) is 0 Å². The van der Waals surface area contributed by atoms with Crippen LogP contribution < -0.4 is 10.1 Å². The third-order valence-corrected chi connectivity index (χ3v) is 4.20. The van der Waals surface area contributed by atoms with Crippen molar-refractivity contribution in [1.82, 2.24) is 9.55 Å². The van der Waals surface area contributed by atoms with E-state index in [1.807, 2.05) is 54.8 Å². The fraction of sp³-hybridized carbons (Fsp3) is 0.350. The average Bonchev–Trinajstić information content (AvgIpc) is 2.97. The molecule has 6 nitrogen and oxygen atoms in total. The van der Waals surface area contributed by atoms with Crippen molar-refractivity contribution in [3.8, 4) is 5.75 Å². The van der Waals surface area contributed by atoms with Crippen molar-refractivity contribution in [2.24, 2.45) is 0 Å². The number of nitrogens with one attached hydrogen (secondary N) is 1. The van der Waals surface area contributed by atoms with Crippen molar-refractivity contribution in [1.29, 1.82) is 0 Å². The van der Waals surface area contributed by atoms with Crippen LogP contribution in [0.2, 0.25) is 0 Å². The highest BCUT2D eigenvalue weighted by molar-refractivity contribution is 5.78. The third kappa shape index (κ3) is 4.15. The van der Waals surface area contributed by atoms with Gasteiger partial charge in [-0.2, -0.15) is 0 Å². The Bertz CT molecular complexity index is 876. The fourth-order valence-corrected chi connectivity index (χ4v) is 2.97. The number of hydrogen-bond donors (Lipinski definition) is 3. The van der Waals surface area contributed by atoms with Gasteiger partial charge in [-0.3, -0.25) is 0 Å². The summed E-state index contributed by atoms with van der Waals surface area (Å²) < 4.78 is 7.71. The molecule has 0 aliphatic heterocycles. The molecule has 26 heavy (non-hydrogen) atoms. The van der Waals surface area contributed by atoms with Crippen molar-refractivity contribution >= 4 is 17.0 Å². The number of ether oxygens (including phenoxy) is 1. The van der Waals surface area contributed by atoms with Gasteiger partial charge in [-0.1, -0.05) is 29.8 Å². The van der Waals surface area contributed by atoms with Gasteiger partial charge in [-0.25, -0.2) is 4.98 Å². The summed E-state index contributed by atoms with van der Waals surface area (Å²) >= 11 is 0. The second-order valence-corrected chi connectivity index (χ2v) is 6.42. The molecule has 0 fully saturated rings. The van der Waals surface area contributed by atoms with Gasteiger partial charge in [0.2, 0.25) is 5.95 Å². The molecule has 6 heteroatoms. The number of fused-ring (bicyclic) bond motifs is 1. The number of imidazole rings is 1. The summed E-state index contributed by atoms with van der Waals surface area (Å²) in [4.78, 5) is 4.53. The first-order chi connectivity index (χ1) is 12.6. The number of benzene rings is 2. The van der Waals surface area contributed by atoms with Crippen molar-refractivity contribution in [3.05, 3.63) is 53.6 Å². The first kappa shape index (κ1) is 18.2. The summed E-state index contributed by atoms with van der Waals surface area (Å²) in [6, 6.07) is 13.7. The lowest BCUT2D eigenvalue weighted by atomic mass is 10.1. The molecule has 0 unspecified atom stereocenters. The summed E-state index contributed by atoms with van der Waals surface area (Å²) in [6.45, 7) is 4.99. The highest BCUT2D eigenvalue weighted by Gasteiger charge is 2.15. The normalized spacial score (nSPS) is 12.3. The number of para-hydroxylation sites is 2. The maximum absolute atomic E-state index is 10.5. The van der Waals surface area contributed by atoms with Crippen LogP contribution >= 0.6 is 0 Å². The average molecular weight is 355 g/mol. The highest BCUT2D eigenvalue weighted by atomic mass is 16.5. The highest BCUT2D eigenvalue weighted by Crippen LogP contribution is 2.21. The van der Waals surface area contributed by atoms with Crippen molar-refractivity contribution < 1.29 is 14.9 Å². The molecule has 0 bridgehead atoms. The van der Waals surface area contributed by atoms with Crippen LogP contribution in [0.25, 0.3) is 11.0 Å². The first-order valence-corrected chi connectivity index (χ1v) is 8.76. The molecule has 3 rings (SSSR count).